The van der Waals surface area contributed by atoms with E-state index in [0.29, 0.717) is 11.1 Å². The van der Waals surface area contributed by atoms with Gasteiger partial charge in [0.1, 0.15) is 5.82 Å². The molecular weight excluding hydrogens is 343 g/mol. The van der Waals surface area contributed by atoms with Crippen LogP contribution in [-0.4, -0.2) is 23.6 Å². The van der Waals surface area contributed by atoms with Crippen molar-refractivity contribution in [2.75, 3.05) is 12.4 Å². The van der Waals surface area contributed by atoms with Gasteiger partial charge in [-0.2, -0.15) is 0 Å². The lowest BCUT2D eigenvalue weighted by molar-refractivity contribution is -0.116. The minimum atomic E-state index is -0.838. The number of benzene rings is 2. The molecule has 1 N–H and O–H groups in total. The summed E-state index contributed by atoms with van der Waals surface area (Å²) in [6.45, 7) is 0.118. The van der Waals surface area contributed by atoms with Crippen molar-refractivity contribution in [3.05, 3.63) is 64.4 Å². The summed E-state index contributed by atoms with van der Waals surface area (Å²) < 4.78 is 24.6. The van der Waals surface area contributed by atoms with Crippen molar-refractivity contribution in [2.24, 2.45) is 0 Å². The van der Waals surface area contributed by atoms with Crippen LogP contribution in [0.3, 0.4) is 0 Å². The number of carbonyl (C=O) groups excluding carboxylic acids is 2. The lowest BCUT2D eigenvalue weighted by Gasteiger charge is -2.08. The number of esters is 1. The Balaban J connectivity index is 1.70. The molecule has 134 valence electrons. The maximum Gasteiger partial charge on any atom is 0.419 e. The average molecular weight is 358 g/mol. The van der Waals surface area contributed by atoms with Crippen molar-refractivity contribution in [3.63, 3.8) is 0 Å². The number of ether oxygens (including phenoxy) is 1. The highest BCUT2D eigenvalue weighted by Gasteiger charge is 2.14. The van der Waals surface area contributed by atoms with E-state index < -0.39 is 23.4 Å². The molecule has 0 radical (unpaired) electrons. The third kappa shape index (κ3) is 3.49. The molecule has 1 amide bonds. The standard InChI is InChI=1S/C18H15FN2O5/c1-25-17(23)12-10-11(6-7-13(12)19)20-16(22)8-9-21-14-4-2-3-5-15(14)26-18(21)24/h2-7,10H,8-9H2,1H3,(H,20,22). The van der Waals surface area contributed by atoms with E-state index in [1.54, 1.807) is 24.3 Å². The first-order chi connectivity index (χ1) is 12.5. The lowest BCUT2D eigenvalue weighted by Crippen LogP contribution is -2.20. The maximum atomic E-state index is 13.6. The van der Waals surface area contributed by atoms with Gasteiger partial charge in [0.15, 0.2) is 5.58 Å². The van der Waals surface area contributed by atoms with Crippen molar-refractivity contribution in [1.82, 2.24) is 4.57 Å². The van der Waals surface area contributed by atoms with Gasteiger partial charge in [-0.3, -0.25) is 9.36 Å². The van der Waals surface area contributed by atoms with Crippen LogP contribution in [0.5, 0.6) is 0 Å². The number of aromatic nitrogens is 1. The van der Waals surface area contributed by atoms with Gasteiger partial charge < -0.3 is 14.5 Å². The van der Waals surface area contributed by atoms with E-state index in [4.69, 9.17) is 4.42 Å². The van der Waals surface area contributed by atoms with E-state index in [9.17, 15) is 18.8 Å². The number of methoxy groups -OCH3 is 1. The molecule has 1 heterocycles. The fourth-order valence-electron chi connectivity index (χ4n) is 2.53. The van der Waals surface area contributed by atoms with Crippen molar-refractivity contribution >= 4 is 28.7 Å². The van der Waals surface area contributed by atoms with Gasteiger partial charge >= 0.3 is 11.7 Å². The van der Waals surface area contributed by atoms with Gasteiger partial charge in [0.05, 0.1) is 18.2 Å². The zero-order valence-electron chi connectivity index (χ0n) is 13.8. The largest absolute Gasteiger partial charge is 0.465 e. The molecule has 8 heteroatoms. The van der Waals surface area contributed by atoms with E-state index in [0.717, 1.165) is 13.2 Å². The summed E-state index contributed by atoms with van der Waals surface area (Å²) >= 11 is 0. The number of aryl methyl sites for hydroxylation is 1. The summed E-state index contributed by atoms with van der Waals surface area (Å²) in [5.74, 6) is -2.53. The molecule has 3 aromatic rings. The van der Waals surface area contributed by atoms with Crippen LogP contribution in [0.25, 0.3) is 11.1 Å². The Hall–Kier alpha value is -3.42. The topological polar surface area (TPSA) is 90.5 Å². The SMILES string of the molecule is COC(=O)c1cc(NC(=O)CCn2c(=O)oc3ccccc32)ccc1F. The molecule has 0 bridgehead atoms. The van der Waals surface area contributed by atoms with E-state index in [2.05, 4.69) is 10.1 Å². The first kappa shape index (κ1) is 17.4. The molecule has 0 atom stereocenters. The van der Waals surface area contributed by atoms with Crippen molar-refractivity contribution in [3.8, 4) is 0 Å². The molecule has 0 aliphatic rings. The average Bonchev–Trinajstić information content (AvgIpc) is 2.96. The zero-order valence-corrected chi connectivity index (χ0v) is 13.8. The van der Waals surface area contributed by atoms with Gasteiger partial charge in [-0.15, -0.1) is 0 Å². The van der Waals surface area contributed by atoms with Crippen LogP contribution in [0.15, 0.2) is 51.7 Å². The summed E-state index contributed by atoms with van der Waals surface area (Å²) in [4.78, 5) is 35.5. The molecule has 26 heavy (non-hydrogen) atoms. The molecule has 3 rings (SSSR count). The van der Waals surface area contributed by atoms with Crippen LogP contribution >= 0.6 is 0 Å². The van der Waals surface area contributed by atoms with Crippen molar-refractivity contribution in [1.29, 1.82) is 0 Å². The molecule has 0 spiro atoms. The van der Waals surface area contributed by atoms with E-state index in [1.165, 1.54) is 16.7 Å². The predicted molar refractivity (Wildman–Crippen MR) is 91.5 cm³/mol. The second-order valence-corrected chi connectivity index (χ2v) is 5.47. The van der Waals surface area contributed by atoms with Crippen LogP contribution in [0, 0.1) is 5.82 Å². The number of oxazole rings is 1. The van der Waals surface area contributed by atoms with Gasteiger partial charge in [-0.05, 0) is 30.3 Å². The van der Waals surface area contributed by atoms with E-state index in [1.807, 2.05) is 0 Å². The minimum absolute atomic E-state index is 0.00559. The highest BCUT2D eigenvalue weighted by atomic mass is 19.1. The van der Waals surface area contributed by atoms with Crippen LogP contribution in [-0.2, 0) is 16.1 Å². The predicted octanol–water partition coefficient (Wildman–Crippen LogP) is 2.55. The Morgan fingerprint density at radius 1 is 1.23 bits per heavy atom. The maximum absolute atomic E-state index is 13.6. The number of halogens is 1. The Kier molecular flexibility index (Phi) is 4.83. The Morgan fingerprint density at radius 3 is 2.77 bits per heavy atom. The number of amides is 1. The fourth-order valence-corrected chi connectivity index (χ4v) is 2.53. The summed E-state index contributed by atoms with van der Waals surface area (Å²) in [7, 11) is 1.14. The summed E-state index contributed by atoms with van der Waals surface area (Å²) in [6.07, 6.45) is -0.00559. The zero-order chi connectivity index (χ0) is 18.7. The number of nitrogens with zero attached hydrogens (tertiary/aromatic N) is 1. The molecule has 0 unspecified atom stereocenters. The van der Waals surface area contributed by atoms with Crippen molar-refractivity contribution in [2.45, 2.75) is 13.0 Å². The molecule has 0 fully saturated rings. The molecule has 0 aliphatic carbocycles. The number of rotatable bonds is 5. The molecule has 0 saturated heterocycles. The van der Waals surface area contributed by atoms with Gasteiger partial charge in [0.2, 0.25) is 5.91 Å². The van der Waals surface area contributed by atoms with Crippen LogP contribution in [0.1, 0.15) is 16.8 Å². The normalized spacial score (nSPS) is 10.7. The third-order valence-electron chi connectivity index (χ3n) is 3.79. The van der Waals surface area contributed by atoms with Gasteiger partial charge in [-0.1, -0.05) is 12.1 Å². The van der Waals surface area contributed by atoms with Crippen LogP contribution in [0.4, 0.5) is 10.1 Å². The molecule has 2 aromatic carbocycles. The Labute approximate surface area is 147 Å². The third-order valence-corrected chi connectivity index (χ3v) is 3.79. The highest BCUT2D eigenvalue weighted by Crippen LogP contribution is 2.16. The number of nitrogens with one attached hydrogen (secondary N) is 1. The Bertz CT molecular complexity index is 1040. The van der Waals surface area contributed by atoms with Crippen LogP contribution < -0.4 is 11.1 Å². The van der Waals surface area contributed by atoms with Gasteiger partial charge in [0.25, 0.3) is 0 Å². The summed E-state index contributed by atoms with van der Waals surface area (Å²) in [5, 5.41) is 2.56. The molecular formula is C18H15FN2O5. The van der Waals surface area contributed by atoms with Gasteiger partial charge in [0, 0.05) is 18.7 Å². The van der Waals surface area contributed by atoms with E-state index in [-0.39, 0.29) is 24.2 Å². The number of anilines is 1. The molecule has 0 saturated carbocycles. The number of hydrogen-bond acceptors (Lipinski definition) is 5. The first-order valence-corrected chi connectivity index (χ1v) is 7.75. The summed E-state index contributed by atoms with van der Waals surface area (Å²) in [6, 6.07) is 10.5. The second kappa shape index (κ2) is 7.22. The quantitative estimate of drug-likeness (QED) is 0.708. The molecule has 7 nitrogen and oxygen atoms in total. The highest BCUT2D eigenvalue weighted by molar-refractivity contribution is 5.94. The minimum Gasteiger partial charge on any atom is -0.465 e. The number of fused-ring (bicyclic) bond motifs is 1. The van der Waals surface area contributed by atoms with Gasteiger partial charge in [-0.25, -0.2) is 14.0 Å². The number of carbonyl (C=O) groups is 2. The smallest absolute Gasteiger partial charge is 0.419 e. The second-order valence-electron chi connectivity index (χ2n) is 5.47. The molecule has 0 aliphatic heterocycles. The number of hydrogen-bond donors (Lipinski definition) is 1. The van der Waals surface area contributed by atoms with Crippen LogP contribution in [0.2, 0.25) is 0 Å². The Morgan fingerprint density at radius 2 is 2.00 bits per heavy atom. The fraction of sp³-hybridized carbons (Fsp3) is 0.167. The first-order valence-electron chi connectivity index (χ1n) is 7.75. The van der Waals surface area contributed by atoms with E-state index >= 15 is 0 Å². The number of para-hydroxylation sites is 2. The van der Waals surface area contributed by atoms with Crippen molar-refractivity contribution < 1.29 is 23.1 Å². The molecule has 1 aromatic heterocycles. The monoisotopic (exact) mass is 358 g/mol. The summed E-state index contributed by atoms with van der Waals surface area (Å²) in [5.41, 5.74) is 1.02. The lowest BCUT2D eigenvalue weighted by atomic mass is 10.2.